The number of ether oxygens (including phenoxy) is 1. The second kappa shape index (κ2) is 7.02. The summed E-state index contributed by atoms with van der Waals surface area (Å²) in [6.45, 7) is 6.97. The predicted molar refractivity (Wildman–Crippen MR) is 83.2 cm³/mol. The van der Waals surface area contributed by atoms with Crippen molar-refractivity contribution in [3.8, 4) is 0 Å². The molecule has 0 aliphatic rings. The van der Waals surface area contributed by atoms with Crippen LogP contribution in [-0.4, -0.2) is 22.3 Å². The van der Waals surface area contributed by atoms with Crippen molar-refractivity contribution in [3.63, 3.8) is 0 Å². The molecule has 0 spiro atoms. The average molecular weight is 360 g/mol. The fourth-order valence-electron chi connectivity index (χ4n) is 1.50. The van der Waals surface area contributed by atoms with Gasteiger partial charge in [-0.15, -0.1) is 0 Å². The van der Waals surface area contributed by atoms with E-state index in [1.54, 1.807) is 20.8 Å². The Morgan fingerprint density at radius 3 is 2.48 bits per heavy atom. The summed E-state index contributed by atoms with van der Waals surface area (Å²) in [6, 6.07) is 3.87. The number of hydrogen-bond acceptors (Lipinski definition) is 3. The van der Waals surface area contributed by atoms with Crippen molar-refractivity contribution in [2.24, 2.45) is 0 Å². The molecule has 1 amide bonds. The second-order valence-corrected chi connectivity index (χ2v) is 6.67. The Balaban J connectivity index is 2.86. The molecule has 0 heterocycles. The van der Waals surface area contributed by atoms with Crippen molar-refractivity contribution in [1.29, 1.82) is 0 Å². The van der Waals surface area contributed by atoms with Gasteiger partial charge in [0.2, 0.25) is 5.91 Å². The molecule has 0 aliphatic heterocycles. The van der Waals surface area contributed by atoms with Crippen LogP contribution in [0.25, 0.3) is 0 Å². The zero-order chi connectivity index (χ0) is 16.2. The number of carbonyl (C=O) groups is 2. The molecule has 4 nitrogen and oxygen atoms in total. The molecule has 1 atom stereocenters. The topological polar surface area (TPSA) is 55.4 Å². The van der Waals surface area contributed by atoms with Crippen molar-refractivity contribution in [1.82, 2.24) is 0 Å². The van der Waals surface area contributed by atoms with E-state index >= 15 is 0 Å². The molecule has 1 N–H and O–H groups in total. The summed E-state index contributed by atoms with van der Waals surface area (Å²) >= 11 is 3.21. The normalized spacial score (nSPS) is 12.7. The molecule has 1 unspecified atom stereocenters. The number of alkyl halides is 1. The van der Waals surface area contributed by atoms with Gasteiger partial charge in [-0.1, -0.05) is 22.9 Å². The number of hydrogen-bond donors (Lipinski definition) is 1. The van der Waals surface area contributed by atoms with Gasteiger partial charge in [-0.3, -0.25) is 4.79 Å². The SMILES string of the molecule is CCC(Br)C(=O)Nc1ccc(C(=O)OC(C)(C)C)c(F)c1. The number of amides is 1. The summed E-state index contributed by atoms with van der Waals surface area (Å²) < 4.78 is 19.1. The van der Waals surface area contributed by atoms with Crippen LogP contribution < -0.4 is 5.32 Å². The predicted octanol–water partition coefficient (Wildman–Crippen LogP) is 3.89. The lowest BCUT2D eigenvalue weighted by atomic mass is 10.1. The van der Waals surface area contributed by atoms with Crippen LogP contribution >= 0.6 is 15.9 Å². The van der Waals surface area contributed by atoms with E-state index in [2.05, 4.69) is 21.2 Å². The maximum atomic E-state index is 13.9. The number of esters is 1. The van der Waals surface area contributed by atoms with Gasteiger partial charge in [0.1, 0.15) is 11.4 Å². The van der Waals surface area contributed by atoms with Crippen LogP contribution in [0.1, 0.15) is 44.5 Å². The highest BCUT2D eigenvalue weighted by atomic mass is 79.9. The Bertz CT molecular complexity index is 540. The third kappa shape index (κ3) is 5.46. The van der Waals surface area contributed by atoms with Crippen molar-refractivity contribution >= 4 is 33.5 Å². The summed E-state index contributed by atoms with van der Waals surface area (Å²) in [6.07, 6.45) is 0.615. The molecule has 0 bridgehead atoms. The van der Waals surface area contributed by atoms with E-state index in [4.69, 9.17) is 4.74 Å². The lowest BCUT2D eigenvalue weighted by molar-refractivity contribution is -0.115. The molecular formula is C15H19BrFNO3. The number of rotatable bonds is 4. The minimum Gasteiger partial charge on any atom is -0.456 e. The highest BCUT2D eigenvalue weighted by Gasteiger charge is 2.21. The summed E-state index contributed by atoms with van der Waals surface area (Å²) in [4.78, 5) is 23.2. The zero-order valence-corrected chi connectivity index (χ0v) is 14.1. The van der Waals surface area contributed by atoms with Gasteiger partial charge in [-0.25, -0.2) is 9.18 Å². The van der Waals surface area contributed by atoms with Crippen molar-refractivity contribution in [3.05, 3.63) is 29.6 Å². The molecule has 0 saturated heterocycles. The van der Waals surface area contributed by atoms with Crippen LogP contribution in [0, 0.1) is 5.82 Å². The van der Waals surface area contributed by atoms with E-state index in [1.165, 1.54) is 12.1 Å². The van der Waals surface area contributed by atoms with Gasteiger partial charge in [0.05, 0.1) is 10.4 Å². The third-order valence-corrected chi connectivity index (χ3v) is 3.56. The monoisotopic (exact) mass is 359 g/mol. The highest BCUT2D eigenvalue weighted by Crippen LogP contribution is 2.19. The molecule has 0 fully saturated rings. The largest absolute Gasteiger partial charge is 0.456 e. The van der Waals surface area contributed by atoms with E-state index in [0.29, 0.717) is 12.1 Å². The Hall–Kier alpha value is -1.43. The molecular weight excluding hydrogens is 341 g/mol. The van der Waals surface area contributed by atoms with E-state index in [9.17, 15) is 14.0 Å². The number of carbonyl (C=O) groups excluding carboxylic acids is 2. The number of anilines is 1. The molecule has 0 saturated carbocycles. The van der Waals surface area contributed by atoms with Gasteiger partial charge in [0.15, 0.2) is 0 Å². The first-order valence-corrected chi connectivity index (χ1v) is 7.53. The molecule has 1 rings (SSSR count). The highest BCUT2D eigenvalue weighted by molar-refractivity contribution is 9.10. The van der Waals surface area contributed by atoms with Crippen LogP contribution in [0.5, 0.6) is 0 Å². The Morgan fingerprint density at radius 2 is 2.00 bits per heavy atom. The fourth-order valence-corrected chi connectivity index (χ4v) is 1.61. The van der Waals surface area contributed by atoms with E-state index in [1.807, 2.05) is 6.92 Å². The zero-order valence-electron chi connectivity index (χ0n) is 12.5. The van der Waals surface area contributed by atoms with Crippen molar-refractivity contribution in [2.45, 2.75) is 44.5 Å². The van der Waals surface area contributed by atoms with Crippen LogP contribution in [0.2, 0.25) is 0 Å². The Kier molecular flexibility index (Phi) is 5.89. The summed E-state index contributed by atoms with van der Waals surface area (Å²) in [5.41, 5.74) is -0.558. The molecule has 0 aliphatic carbocycles. The lowest BCUT2D eigenvalue weighted by Gasteiger charge is -2.19. The van der Waals surface area contributed by atoms with Crippen molar-refractivity contribution < 1.29 is 18.7 Å². The molecule has 116 valence electrons. The number of benzene rings is 1. The van der Waals surface area contributed by atoms with Gasteiger partial charge in [-0.05, 0) is 45.4 Å². The summed E-state index contributed by atoms with van der Waals surface area (Å²) in [7, 11) is 0. The van der Waals surface area contributed by atoms with E-state index in [0.717, 1.165) is 6.07 Å². The third-order valence-electron chi connectivity index (χ3n) is 2.50. The first kappa shape index (κ1) is 17.6. The van der Waals surface area contributed by atoms with Gasteiger partial charge < -0.3 is 10.1 Å². The van der Waals surface area contributed by atoms with Gasteiger partial charge in [-0.2, -0.15) is 0 Å². The maximum Gasteiger partial charge on any atom is 0.341 e. The van der Waals surface area contributed by atoms with Crippen LogP contribution in [0.15, 0.2) is 18.2 Å². The number of halogens is 2. The molecule has 0 aromatic heterocycles. The molecule has 0 radical (unpaired) electrons. The van der Waals surface area contributed by atoms with Gasteiger partial charge in [0.25, 0.3) is 0 Å². The van der Waals surface area contributed by atoms with Crippen molar-refractivity contribution in [2.75, 3.05) is 5.32 Å². The minimum absolute atomic E-state index is 0.159. The molecule has 1 aromatic rings. The summed E-state index contributed by atoms with van der Waals surface area (Å²) in [5, 5.41) is 2.57. The first-order valence-electron chi connectivity index (χ1n) is 6.62. The molecule has 1 aromatic carbocycles. The lowest BCUT2D eigenvalue weighted by Crippen LogP contribution is -2.25. The smallest absolute Gasteiger partial charge is 0.341 e. The van der Waals surface area contributed by atoms with Gasteiger partial charge >= 0.3 is 5.97 Å². The quantitative estimate of drug-likeness (QED) is 0.655. The maximum absolute atomic E-state index is 13.9. The van der Waals surface area contributed by atoms with E-state index < -0.39 is 17.4 Å². The van der Waals surface area contributed by atoms with Crippen LogP contribution in [-0.2, 0) is 9.53 Å². The minimum atomic E-state index is -0.732. The first-order chi connectivity index (χ1) is 9.64. The standard InChI is InChI=1S/C15H19BrFNO3/c1-5-11(16)13(19)18-9-6-7-10(12(17)8-9)14(20)21-15(2,3)4/h6-8,11H,5H2,1-4H3,(H,18,19). The Morgan fingerprint density at radius 1 is 1.38 bits per heavy atom. The van der Waals surface area contributed by atoms with Crippen LogP contribution in [0.3, 0.4) is 0 Å². The Labute approximate surface area is 132 Å². The fraction of sp³-hybridized carbons (Fsp3) is 0.467. The second-order valence-electron chi connectivity index (χ2n) is 5.56. The number of nitrogens with one attached hydrogen (secondary N) is 1. The van der Waals surface area contributed by atoms with Gasteiger partial charge in [0, 0.05) is 5.69 Å². The van der Waals surface area contributed by atoms with E-state index in [-0.39, 0.29) is 16.3 Å². The summed E-state index contributed by atoms with van der Waals surface area (Å²) in [5.74, 6) is -1.73. The molecule has 21 heavy (non-hydrogen) atoms. The van der Waals surface area contributed by atoms with Crippen LogP contribution in [0.4, 0.5) is 10.1 Å². The molecule has 6 heteroatoms. The average Bonchev–Trinajstić information content (AvgIpc) is 2.35.